The van der Waals surface area contributed by atoms with Gasteiger partial charge in [0, 0.05) is 35.0 Å². The highest BCUT2D eigenvalue weighted by Gasteiger charge is 2.46. The number of likely N-dealkylation sites (tertiary alicyclic amines) is 1. The van der Waals surface area contributed by atoms with Gasteiger partial charge in [-0.2, -0.15) is 0 Å². The first-order valence-electron chi connectivity index (χ1n) is 10.3. The van der Waals surface area contributed by atoms with Crippen LogP contribution in [0.5, 0.6) is 5.75 Å². The molecule has 1 fully saturated rings. The Bertz CT molecular complexity index is 1030. The molecule has 1 spiro atoms. The second kappa shape index (κ2) is 6.71. The third kappa shape index (κ3) is 3.34. The molecule has 0 radical (unpaired) electrons. The van der Waals surface area contributed by atoms with E-state index in [9.17, 15) is 14.7 Å². The molecular formula is C23H29N3O3. The minimum Gasteiger partial charge on any atom is -0.508 e. The third-order valence-corrected chi connectivity index (χ3v) is 6.39. The first-order valence-corrected chi connectivity index (χ1v) is 10.3. The van der Waals surface area contributed by atoms with E-state index in [0.717, 1.165) is 36.1 Å². The lowest BCUT2D eigenvalue weighted by molar-refractivity contribution is 0.0632. The van der Waals surface area contributed by atoms with E-state index in [1.54, 1.807) is 18.2 Å². The van der Waals surface area contributed by atoms with Crippen LogP contribution in [0.25, 0.3) is 0 Å². The third-order valence-electron chi connectivity index (χ3n) is 6.39. The molecule has 0 saturated carbocycles. The van der Waals surface area contributed by atoms with Gasteiger partial charge in [-0.15, -0.1) is 0 Å². The zero-order chi connectivity index (χ0) is 21.0. The molecule has 0 bridgehead atoms. The SMILES string of the molecule is Cc1cc(O)ccc1C(=O)N1CCCC2(CCc3c2nc(C(C)(C)C)[nH]c3=O)C1. The molecule has 2 N–H and O–H groups in total. The Morgan fingerprint density at radius 3 is 2.72 bits per heavy atom. The number of phenolic OH excluding ortho intramolecular Hbond substituents is 1. The van der Waals surface area contributed by atoms with Gasteiger partial charge in [0.05, 0.1) is 5.69 Å². The molecule has 4 rings (SSSR count). The number of aryl methyl sites for hydroxylation is 1. The number of phenols is 1. The summed E-state index contributed by atoms with van der Waals surface area (Å²) in [5, 5.41) is 9.66. The lowest BCUT2D eigenvalue weighted by Gasteiger charge is -2.41. The maximum absolute atomic E-state index is 13.2. The summed E-state index contributed by atoms with van der Waals surface area (Å²) < 4.78 is 0. The van der Waals surface area contributed by atoms with Crippen LogP contribution in [0.1, 0.15) is 73.0 Å². The van der Waals surface area contributed by atoms with Gasteiger partial charge >= 0.3 is 0 Å². The molecule has 1 atom stereocenters. The molecule has 1 unspecified atom stereocenters. The number of H-pyrrole nitrogens is 1. The molecule has 6 heteroatoms. The fourth-order valence-electron chi connectivity index (χ4n) is 4.77. The average Bonchev–Trinajstić information content (AvgIpc) is 2.99. The summed E-state index contributed by atoms with van der Waals surface area (Å²) >= 11 is 0. The Balaban J connectivity index is 1.70. The number of fused-ring (bicyclic) bond motifs is 2. The number of carbonyl (C=O) groups is 1. The molecule has 154 valence electrons. The van der Waals surface area contributed by atoms with Gasteiger partial charge in [-0.05, 0) is 56.4 Å². The first kappa shape index (κ1) is 19.7. The van der Waals surface area contributed by atoms with Crippen molar-refractivity contribution in [2.75, 3.05) is 13.1 Å². The van der Waals surface area contributed by atoms with E-state index in [-0.39, 0.29) is 28.0 Å². The topological polar surface area (TPSA) is 86.3 Å². The summed E-state index contributed by atoms with van der Waals surface area (Å²) in [4.78, 5) is 35.8. The van der Waals surface area contributed by atoms with Gasteiger partial charge in [-0.3, -0.25) is 9.59 Å². The van der Waals surface area contributed by atoms with Crippen molar-refractivity contribution in [3.05, 3.63) is 56.8 Å². The maximum Gasteiger partial charge on any atom is 0.254 e. The molecule has 29 heavy (non-hydrogen) atoms. The number of amides is 1. The van der Waals surface area contributed by atoms with E-state index < -0.39 is 0 Å². The molecule has 2 aromatic rings. The standard InChI is InChI=1S/C23H29N3O3/c1-14-12-15(27)6-7-16(14)20(29)26-11-5-9-23(13-26)10-8-17-18(23)24-21(22(2,3)4)25-19(17)28/h6-7,12,27H,5,8-11,13H2,1-4H3,(H,24,25,28). The van der Waals surface area contributed by atoms with Gasteiger partial charge in [0.1, 0.15) is 11.6 Å². The summed E-state index contributed by atoms with van der Waals surface area (Å²) in [7, 11) is 0. The van der Waals surface area contributed by atoms with E-state index in [0.29, 0.717) is 30.9 Å². The van der Waals surface area contributed by atoms with Gasteiger partial charge in [0.25, 0.3) is 11.5 Å². The van der Waals surface area contributed by atoms with Crippen LogP contribution >= 0.6 is 0 Å². The van der Waals surface area contributed by atoms with Crippen molar-refractivity contribution in [3.8, 4) is 5.75 Å². The molecule has 2 heterocycles. The van der Waals surface area contributed by atoms with Crippen LogP contribution in [-0.2, 0) is 17.3 Å². The van der Waals surface area contributed by atoms with Crippen LogP contribution in [0.15, 0.2) is 23.0 Å². The van der Waals surface area contributed by atoms with E-state index in [2.05, 4.69) is 4.98 Å². The second-order valence-electron chi connectivity index (χ2n) is 9.60. The van der Waals surface area contributed by atoms with E-state index in [4.69, 9.17) is 4.98 Å². The minimum atomic E-state index is -0.248. The van der Waals surface area contributed by atoms with Crippen molar-refractivity contribution in [2.45, 2.75) is 64.2 Å². The van der Waals surface area contributed by atoms with Crippen LogP contribution in [0, 0.1) is 6.92 Å². The molecule has 1 amide bonds. The van der Waals surface area contributed by atoms with Gasteiger partial charge in [-0.25, -0.2) is 4.98 Å². The van der Waals surface area contributed by atoms with E-state index in [1.807, 2.05) is 32.6 Å². The lowest BCUT2D eigenvalue weighted by atomic mass is 9.77. The molecule has 1 aromatic carbocycles. The number of carbonyl (C=O) groups excluding carboxylic acids is 1. The Labute approximate surface area is 171 Å². The molecule has 1 aliphatic heterocycles. The Hall–Kier alpha value is -2.63. The highest BCUT2D eigenvalue weighted by atomic mass is 16.3. The predicted octanol–water partition coefficient (Wildman–Crippen LogP) is 3.20. The number of aromatic amines is 1. The lowest BCUT2D eigenvalue weighted by Crippen LogP contribution is -2.48. The van der Waals surface area contributed by atoms with Crippen molar-refractivity contribution >= 4 is 5.91 Å². The zero-order valence-corrected chi connectivity index (χ0v) is 17.6. The number of benzene rings is 1. The number of hydrogen-bond acceptors (Lipinski definition) is 4. The van der Waals surface area contributed by atoms with Crippen LogP contribution in [0.3, 0.4) is 0 Å². The van der Waals surface area contributed by atoms with Gasteiger partial charge < -0.3 is 15.0 Å². The number of nitrogens with zero attached hydrogens (tertiary/aromatic N) is 2. The fraction of sp³-hybridized carbons (Fsp3) is 0.522. The second-order valence-corrected chi connectivity index (χ2v) is 9.60. The molecule has 6 nitrogen and oxygen atoms in total. The Morgan fingerprint density at radius 2 is 2.03 bits per heavy atom. The first-order chi connectivity index (χ1) is 13.6. The van der Waals surface area contributed by atoms with Crippen molar-refractivity contribution in [1.29, 1.82) is 0 Å². The van der Waals surface area contributed by atoms with Crippen molar-refractivity contribution < 1.29 is 9.90 Å². The van der Waals surface area contributed by atoms with Crippen molar-refractivity contribution in [2.24, 2.45) is 0 Å². The number of hydrogen-bond donors (Lipinski definition) is 2. The average molecular weight is 396 g/mol. The smallest absolute Gasteiger partial charge is 0.254 e. The van der Waals surface area contributed by atoms with Crippen LogP contribution in [-0.4, -0.2) is 39.0 Å². The summed E-state index contributed by atoms with van der Waals surface area (Å²) in [5.41, 5.74) is 2.54. The van der Waals surface area contributed by atoms with E-state index >= 15 is 0 Å². The summed E-state index contributed by atoms with van der Waals surface area (Å²) in [6.45, 7) is 9.26. The van der Waals surface area contributed by atoms with Gasteiger partial charge in [0.2, 0.25) is 0 Å². The highest BCUT2D eigenvalue weighted by molar-refractivity contribution is 5.96. The van der Waals surface area contributed by atoms with Crippen LogP contribution in [0.4, 0.5) is 0 Å². The molecule has 1 aromatic heterocycles. The number of aromatic hydroxyl groups is 1. The van der Waals surface area contributed by atoms with Crippen molar-refractivity contribution in [3.63, 3.8) is 0 Å². The zero-order valence-electron chi connectivity index (χ0n) is 17.6. The number of piperidine rings is 1. The number of aromatic nitrogens is 2. The fourth-order valence-corrected chi connectivity index (χ4v) is 4.77. The predicted molar refractivity (Wildman–Crippen MR) is 112 cm³/mol. The summed E-state index contributed by atoms with van der Waals surface area (Å²) in [6.07, 6.45) is 3.40. The Kier molecular flexibility index (Phi) is 4.56. The van der Waals surface area contributed by atoms with E-state index in [1.165, 1.54) is 0 Å². The molecule has 1 aliphatic carbocycles. The number of nitrogens with one attached hydrogen (secondary N) is 1. The van der Waals surface area contributed by atoms with Crippen LogP contribution in [0.2, 0.25) is 0 Å². The van der Waals surface area contributed by atoms with Gasteiger partial charge in [0.15, 0.2) is 0 Å². The quantitative estimate of drug-likeness (QED) is 0.776. The van der Waals surface area contributed by atoms with Crippen molar-refractivity contribution in [1.82, 2.24) is 14.9 Å². The Morgan fingerprint density at radius 1 is 1.28 bits per heavy atom. The molecule has 2 aliphatic rings. The van der Waals surface area contributed by atoms with Crippen LogP contribution < -0.4 is 5.56 Å². The summed E-state index contributed by atoms with van der Waals surface area (Å²) in [5.74, 6) is 0.855. The monoisotopic (exact) mass is 395 g/mol. The summed E-state index contributed by atoms with van der Waals surface area (Å²) in [6, 6.07) is 4.87. The van der Waals surface area contributed by atoms with Gasteiger partial charge in [-0.1, -0.05) is 20.8 Å². The molecule has 1 saturated heterocycles. The number of rotatable bonds is 1. The highest BCUT2D eigenvalue weighted by Crippen LogP contribution is 2.43. The maximum atomic E-state index is 13.2. The molecular weight excluding hydrogens is 366 g/mol. The largest absolute Gasteiger partial charge is 0.508 e. The minimum absolute atomic E-state index is 0.0177. The normalized spacial score (nSPS) is 21.4.